The van der Waals surface area contributed by atoms with E-state index in [4.69, 9.17) is 17.3 Å². The number of hydrogen-bond acceptors (Lipinski definition) is 8. The van der Waals surface area contributed by atoms with Crippen molar-refractivity contribution in [3.05, 3.63) is 63.6 Å². The Morgan fingerprint density at radius 1 is 1.28 bits per heavy atom. The first kappa shape index (κ1) is 21.9. The van der Waals surface area contributed by atoms with Crippen LogP contribution in [0.1, 0.15) is 27.2 Å². The summed E-state index contributed by atoms with van der Waals surface area (Å²) in [5, 5.41) is 23.4. The van der Waals surface area contributed by atoms with Crippen molar-refractivity contribution in [2.75, 3.05) is 24.2 Å². The van der Waals surface area contributed by atoms with Crippen LogP contribution in [0.2, 0.25) is 5.02 Å². The molecule has 0 unspecified atom stereocenters. The number of primary amides is 1. The number of halogens is 2. The van der Waals surface area contributed by atoms with Crippen molar-refractivity contribution in [2.45, 2.75) is 19.6 Å². The van der Waals surface area contributed by atoms with E-state index >= 15 is 0 Å². The molecule has 0 spiro atoms. The van der Waals surface area contributed by atoms with Crippen LogP contribution in [-0.2, 0) is 19.6 Å². The Kier molecular flexibility index (Phi) is 6.17. The minimum absolute atomic E-state index is 0.0363. The Bertz CT molecular complexity index is 1190. The van der Waals surface area contributed by atoms with Crippen LogP contribution in [0, 0.1) is 5.82 Å². The van der Waals surface area contributed by atoms with Gasteiger partial charge in [-0.05, 0) is 42.8 Å². The maximum Gasteiger partial charge on any atom is 0.273 e. The van der Waals surface area contributed by atoms with Gasteiger partial charge in [-0.25, -0.2) is 4.39 Å². The number of amides is 1. The third kappa shape index (κ3) is 4.47. The molecule has 0 saturated heterocycles. The van der Waals surface area contributed by atoms with E-state index in [0.717, 1.165) is 30.6 Å². The number of nitrogens with two attached hydrogens (primary N) is 1. The predicted molar refractivity (Wildman–Crippen MR) is 119 cm³/mol. The van der Waals surface area contributed by atoms with E-state index in [0.29, 0.717) is 10.7 Å². The molecule has 3 aromatic rings. The molecule has 32 heavy (non-hydrogen) atoms. The molecule has 11 heteroatoms. The molecule has 0 aliphatic carbocycles. The number of aliphatic hydroxyl groups excluding tert-OH is 1. The van der Waals surface area contributed by atoms with E-state index in [1.807, 2.05) is 12.1 Å². The van der Waals surface area contributed by atoms with Crippen molar-refractivity contribution in [2.24, 2.45) is 5.73 Å². The molecule has 0 fully saturated rings. The first-order valence-corrected chi connectivity index (χ1v) is 10.2. The zero-order valence-electron chi connectivity index (χ0n) is 17.2. The molecule has 0 radical (unpaired) electrons. The van der Waals surface area contributed by atoms with Gasteiger partial charge in [0.15, 0.2) is 11.5 Å². The van der Waals surface area contributed by atoms with Gasteiger partial charge in [0, 0.05) is 18.7 Å². The number of carbonyl (C=O) groups is 1. The molecular formula is C21H21ClFN7O2. The zero-order chi connectivity index (χ0) is 22.8. The van der Waals surface area contributed by atoms with Crippen molar-refractivity contribution < 1.29 is 14.3 Å². The van der Waals surface area contributed by atoms with Crippen LogP contribution in [0.4, 0.5) is 27.5 Å². The van der Waals surface area contributed by atoms with Crippen LogP contribution >= 0.6 is 11.6 Å². The third-order valence-electron chi connectivity index (χ3n) is 5.17. The van der Waals surface area contributed by atoms with Gasteiger partial charge in [0.25, 0.3) is 5.91 Å². The van der Waals surface area contributed by atoms with E-state index in [9.17, 15) is 14.3 Å². The van der Waals surface area contributed by atoms with Crippen molar-refractivity contribution in [1.82, 2.24) is 20.1 Å². The molecule has 166 valence electrons. The maximum atomic E-state index is 14.4. The monoisotopic (exact) mass is 457 g/mol. The standard InChI is InChI=1S/C21H21ClFN7O2/c1-30-6-5-11-8-16(14(22)7-13(11)9-30)25-21-27-20(18(19(24)32)28-29-21)26-17-12(10-31)3-2-4-15(17)23/h2-4,7-8,31H,5-6,9-10H2,1H3,(H2,24,32)(H2,25,26,27,29). The van der Waals surface area contributed by atoms with Crippen LogP contribution < -0.4 is 16.4 Å². The zero-order valence-corrected chi connectivity index (χ0v) is 17.9. The molecule has 4 rings (SSSR count). The first-order chi connectivity index (χ1) is 15.4. The van der Waals surface area contributed by atoms with Crippen molar-refractivity contribution >= 4 is 40.6 Å². The van der Waals surface area contributed by atoms with E-state index in [-0.39, 0.29) is 28.7 Å². The number of carbonyl (C=O) groups excluding carboxylic acids is 1. The van der Waals surface area contributed by atoms with Crippen LogP contribution in [0.5, 0.6) is 0 Å². The highest BCUT2D eigenvalue weighted by molar-refractivity contribution is 6.33. The van der Waals surface area contributed by atoms with E-state index in [1.165, 1.54) is 18.2 Å². The lowest BCUT2D eigenvalue weighted by Crippen LogP contribution is -2.26. The molecule has 0 saturated carbocycles. The van der Waals surface area contributed by atoms with Crippen LogP contribution in [-0.4, -0.2) is 44.7 Å². The second kappa shape index (κ2) is 9.03. The second-order valence-corrected chi connectivity index (χ2v) is 7.87. The van der Waals surface area contributed by atoms with Gasteiger partial charge in [-0.3, -0.25) is 4.79 Å². The number of para-hydroxylation sites is 1. The number of rotatable bonds is 6. The number of aliphatic hydroxyl groups is 1. The van der Waals surface area contributed by atoms with Gasteiger partial charge in [0.2, 0.25) is 5.95 Å². The normalized spacial score (nSPS) is 13.5. The Hall–Kier alpha value is -3.34. The van der Waals surface area contributed by atoms with E-state index in [2.05, 4.69) is 37.8 Å². The Balaban J connectivity index is 1.68. The minimum Gasteiger partial charge on any atom is -0.392 e. The lowest BCUT2D eigenvalue weighted by molar-refractivity contribution is 0.0995. The fourth-order valence-corrected chi connectivity index (χ4v) is 3.76. The molecule has 5 N–H and O–H groups in total. The van der Waals surface area contributed by atoms with Gasteiger partial charge in [-0.2, -0.15) is 4.98 Å². The number of anilines is 4. The summed E-state index contributed by atoms with van der Waals surface area (Å²) in [4.78, 5) is 18.3. The van der Waals surface area contributed by atoms with Crippen LogP contribution in [0.15, 0.2) is 30.3 Å². The minimum atomic E-state index is -0.892. The lowest BCUT2D eigenvalue weighted by Gasteiger charge is -2.26. The highest BCUT2D eigenvalue weighted by Crippen LogP contribution is 2.31. The Morgan fingerprint density at radius 3 is 2.84 bits per heavy atom. The topological polar surface area (TPSA) is 129 Å². The van der Waals surface area contributed by atoms with Crippen molar-refractivity contribution in [3.8, 4) is 0 Å². The highest BCUT2D eigenvalue weighted by Gasteiger charge is 2.20. The van der Waals surface area contributed by atoms with Gasteiger partial charge >= 0.3 is 0 Å². The molecule has 0 bridgehead atoms. The maximum absolute atomic E-state index is 14.4. The summed E-state index contributed by atoms with van der Waals surface area (Å²) >= 11 is 6.45. The molecular weight excluding hydrogens is 437 g/mol. The Labute approximate surface area is 188 Å². The predicted octanol–water partition coefficient (Wildman–Crippen LogP) is 2.73. The summed E-state index contributed by atoms with van der Waals surface area (Å²) in [6, 6.07) is 8.04. The Morgan fingerprint density at radius 2 is 2.09 bits per heavy atom. The average Bonchev–Trinajstić information content (AvgIpc) is 2.76. The third-order valence-corrected chi connectivity index (χ3v) is 5.49. The summed E-state index contributed by atoms with van der Waals surface area (Å²) in [6.07, 6.45) is 0.876. The molecule has 0 atom stereocenters. The van der Waals surface area contributed by atoms with Gasteiger partial charge in [-0.1, -0.05) is 23.7 Å². The van der Waals surface area contributed by atoms with Gasteiger partial charge < -0.3 is 26.4 Å². The molecule has 2 aromatic carbocycles. The first-order valence-electron chi connectivity index (χ1n) is 9.82. The molecule has 2 heterocycles. The summed E-state index contributed by atoms with van der Waals surface area (Å²) in [5.74, 6) is -1.60. The van der Waals surface area contributed by atoms with E-state index in [1.54, 1.807) is 0 Å². The summed E-state index contributed by atoms with van der Waals surface area (Å²) in [5.41, 5.74) is 8.23. The molecule has 1 aromatic heterocycles. The van der Waals surface area contributed by atoms with Crippen LogP contribution in [0.3, 0.4) is 0 Å². The summed E-state index contributed by atoms with van der Waals surface area (Å²) < 4.78 is 14.4. The summed E-state index contributed by atoms with van der Waals surface area (Å²) in [7, 11) is 2.05. The number of hydrogen-bond donors (Lipinski definition) is 4. The number of likely N-dealkylation sites (N-methyl/N-ethyl adjacent to an activating group) is 1. The number of nitrogens with zero attached hydrogens (tertiary/aromatic N) is 4. The molecule has 9 nitrogen and oxygen atoms in total. The van der Waals surface area contributed by atoms with Gasteiger partial charge in [0.1, 0.15) is 5.82 Å². The van der Waals surface area contributed by atoms with E-state index < -0.39 is 18.3 Å². The summed E-state index contributed by atoms with van der Waals surface area (Å²) in [6.45, 7) is 1.32. The quantitative estimate of drug-likeness (QED) is 0.444. The fraction of sp³-hybridized carbons (Fsp3) is 0.238. The number of nitrogens with one attached hydrogen (secondary N) is 2. The number of aromatic nitrogens is 3. The second-order valence-electron chi connectivity index (χ2n) is 7.47. The fourth-order valence-electron chi connectivity index (χ4n) is 3.53. The smallest absolute Gasteiger partial charge is 0.273 e. The molecule has 1 amide bonds. The van der Waals surface area contributed by atoms with Gasteiger partial charge in [-0.15, -0.1) is 10.2 Å². The van der Waals surface area contributed by atoms with Crippen LogP contribution in [0.25, 0.3) is 0 Å². The number of fused-ring (bicyclic) bond motifs is 1. The average molecular weight is 458 g/mol. The lowest BCUT2D eigenvalue weighted by atomic mass is 9.99. The van der Waals surface area contributed by atoms with Crippen molar-refractivity contribution in [1.29, 1.82) is 0 Å². The van der Waals surface area contributed by atoms with Crippen molar-refractivity contribution in [3.63, 3.8) is 0 Å². The highest BCUT2D eigenvalue weighted by atomic mass is 35.5. The van der Waals surface area contributed by atoms with Gasteiger partial charge in [0.05, 0.1) is 23.0 Å². The molecule has 1 aliphatic rings. The largest absolute Gasteiger partial charge is 0.392 e. The SMILES string of the molecule is CN1CCc2cc(Nc3nnc(C(N)=O)c(Nc4c(F)cccc4CO)n3)c(Cl)cc2C1. The number of benzene rings is 2. The molecule has 1 aliphatic heterocycles.